The Labute approximate surface area is 148 Å². The standard InChI is InChI=1S/C19H12N2O3S/c20-12-13-3-5-14(6-4-13)19(23)24-16-9-7-15(8-10-16)21-18(22)17-2-1-11-25-17/h1-11H,(H,21,22). The second-order valence-corrected chi connectivity index (χ2v) is 5.98. The van der Waals surface area contributed by atoms with E-state index in [4.69, 9.17) is 10.00 Å². The van der Waals surface area contributed by atoms with Crippen molar-refractivity contribution in [2.24, 2.45) is 0 Å². The van der Waals surface area contributed by atoms with Crippen LogP contribution in [0.15, 0.2) is 66.0 Å². The van der Waals surface area contributed by atoms with Gasteiger partial charge in [0, 0.05) is 5.69 Å². The third-order valence-electron chi connectivity index (χ3n) is 3.32. The summed E-state index contributed by atoms with van der Waals surface area (Å²) in [6.45, 7) is 0. The predicted molar refractivity (Wildman–Crippen MR) is 94.8 cm³/mol. The van der Waals surface area contributed by atoms with Gasteiger partial charge in [0.05, 0.1) is 22.1 Å². The van der Waals surface area contributed by atoms with Gasteiger partial charge >= 0.3 is 5.97 Å². The lowest BCUT2D eigenvalue weighted by atomic mass is 10.1. The highest BCUT2D eigenvalue weighted by Crippen LogP contribution is 2.19. The summed E-state index contributed by atoms with van der Waals surface area (Å²) in [6.07, 6.45) is 0. The zero-order valence-corrected chi connectivity index (χ0v) is 13.7. The number of hydrogen-bond acceptors (Lipinski definition) is 5. The number of anilines is 1. The molecule has 1 N–H and O–H groups in total. The third-order valence-corrected chi connectivity index (χ3v) is 4.19. The number of ether oxygens (including phenoxy) is 1. The van der Waals surface area contributed by atoms with E-state index in [1.807, 2.05) is 17.5 Å². The number of benzene rings is 2. The molecule has 2 aromatic carbocycles. The number of thiophene rings is 1. The summed E-state index contributed by atoms with van der Waals surface area (Å²) >= 11 is 1.36. The number of hydrogen-bond donors (Lipinski definition) is 1. The van der Waals surface area contributed by atoms with Crippen molar-refractivity contribution >= 4 is 28.9 Å². The lowest BCUT2D eigenvalue weighted by Gasteiger charge is -2.07. The van der Waals surface area contributed by atoms with Crippen molar-refractivity contribution < 1.29 is 14.3 Å². The molecule has 1 heterocycles. The summed E-state index contributed by atoms with van der Waals surface area (Å²) in [6, 6.07) is 18.3. The highest BCUT2D eigenvalue weighted by molar-refractivity contribution is 7.12. The number of carbonyl (C=O) groups is 2. The molecule has 25 heavy (non-hydrogen) atoms. The van der Waals surface area contributed by atoms with E-state index in [0.29, 0.717) is 27.4 Å². The van der Waals surface area contributed by atoms with E-state index in [1.54, 1.807) is 42.5 Å². The average molecular weight is 348 g/mol. The Balaban J connectivity index is 1.63. The van der Waals surface area contributed by atoms with Gasteiger partial charge in [0.1, 0.15) is 5.75 Å². The maximum Gasteiger partial charge on any atom is 0.343 e. The summed E-state index contributed by atoms with van der Waals surface area (Å²) in [5.74, 6) is -0.333. The van der Waals surface area contributed by atoms with Crippen LogP contribution in [0.4, 0.5) is 5.69 Å². The van der Waals surface area contributed by atoms with Crippen LogP contribution in [0.3, 0.4) is 0 Å². The van der Waals surface area contributed by atoms with Gasteiger partial charge in [-0.2, -0.15) is 5.26 Å². The minimum absolute atomic E-state index is 0.183. The van der Waals surface area contributed by atoms with Gasteiger partial charge in [0.2, 0.25) is 0 Å². The molecular formula is C19H12N2O3S. The van der Waals surface area contributed by atoms with Crippen LogP contribution in [0.25, 0.3) is 0 Å². The molecule has 1 amide bonds. The van der Waals surface area contributed by atoms with Crippen LogP contribution < -0.4 is 10.1 Å². The van der Waals surface area contributed by atoms with Crippen molar-refractivity contribution in [2.45, 2.75) is 0 Å². The van der Waals surface area contributed by atoms with Gasteiger partial charge in [-0.05, 0) is 60.0 Å². The van der Waals surface area contributed by atoms with Crippen molar-refractivity contribution in [3.8, 4) is 11.8 Å². The molecule has 3 aromatic rings. The van der Waals surface area contributed by atoms with E-state index in [9.17, 15) is 9.59 Å². The first-order chi connectivity index (χ1) is 12.2. The minimum Gasteiger partial charge on any atom is -0.423 e. The topological polar surface area (TPSA) is 79.2 Å². The summed E-state index contributed by atoms with van der Waals surface area (Å²) in [5, 5.41) is 13.4. The van der Waals surface area contributed by atoms with Gasteiger partial charge in [-0.3, -0.25) is 4.79 Å². The summed E-state index contributed by atoms with van der Waals surface area (Å²) in [7, 11) is 0. The Kier molecular flexibility index (Phi) is 4.88. The second kappa shape index (κ2) is 7.43. The highest BCUT2D eigenvalue weighted by Gasteiger charge is 2.10. The molecule has 0 aliphatic carbocycles. The van der Waals surface area contributed by atoms with Crippen LogP contribution in [0.5, 0.6) is 5.75 Å². The minimum atomic E-state index is -0.514. The molecule has 6 heteroatoms. The van der Waals surface area contributed by atoms with Gasteiger partial charge in [-0.25, -0.2) is 4.79 Å². The number of carbonyl (C=O) groups excluding carboxylic acids is 2. The molecular weight excluding hydrogens is 336 g/mol. The molecule has 1 aromatic heterocycles. The first-order valence-corrected chi connectivity index (χ1v) is 8.21. The fourth-order valence-electron chi connectivity index (χ4n) is 2.05. The molecule has 0 unspecified atom stereocenters. The Morgan fingerprint density at radius 2 is 1.72 bits per heavy atom. The van der Waals surface area contributed by atoms with E-state index in [1.165, 1.54) is 23.5 Å². The number of esters is 1. The first kappa shape index (κ1) is 16.4. The maximum atomic E-state index is 12.1. The molecule has 0 spiro atoms. The molecule has 122 valence electrons. The lowest BCUT2D eigenvalue weighted by Crippen LogP contribution is -2.10. The van der Waals surface area contributed by atoms with Gasteiger partial charge in [0.15, 0.2) is 0 Å². The molecule has 0 aliphatic heterocycles. The zero-order chi connectivity index (χ0) is 17.6. The fourth-order valence-corrected chi connectivity index (χ4v) is 2.67. The monoisotopic (exact) mass is 348 g/mol. The van der Waals surface area contributed by atoms with Crippen LogP contribution >= 0.6 is 11.3 Å². The molecule has 3 rings (SSSR count). The SMILES string of the molecule is N#Cc1ccc(C(=O)Oc2ccc(NC(=O)c3cccs3)cc2)cc1. The number of rotatable bonds is 4. The van der Waals surface area contributed by atoms with Crippen molar-refractivity contribution in [1.29, 1.82) is 5.26 Å². The summed E-state index contributed by atoms with van der Waals surface area (Å²) in [5.41, 5.74) is 1.44. The maximum absolute atomic E-state index is 12.1. The molecule has 5 nitrogen and oxygen atoms in total. The average Bonchev–Trinajstić information content (AvgIpc) is 3.18. The van der Waals surface area contributed by atoms with Crippen molar-refractivity contribution in [2.75, 3.05) is 5.32 Å². The summed E-state index contributed by atoms with van der Waals surface area (Å²) < 4.78 is 5.27. The number of nitrogens with zero attached hydrogens (tertiary/aromatic N) is 1. The molecule has 0 atom stereocenters. The smallest absolute Gasteiger partial charge is 0.343 e. The van der Waals surface area contributed by atoms with E-state index < -0.39 is 5.97 Å². The van der Waals surface area contributed by atoms with Gasteiger partial charge in [-0.15, -0.1) is 11.3 Å². The van der Waals surface area contributed by atoms with Gasteiger partial charge in [0.25, 0.3) is 5.91 Å². The normalized spacial score (nSPS) is 9.88. The lowest BCUT2D eigenvalue weighted by molar-refractivity contribution is 0.0734. The third kappa shape index (κ3) is 4.10. The quantitative estimate of drug-likeness (QED) is 0.569. The van der Waals surface area contributed by atoms with Gasteiger partial charge < -0.3 is 10.1 Å². The van der Waals surface area contributed by atoms with Crippen LogP contribution in [-0.4, -0.2) is 11.9 Å². The molecule has 0 fully saturated rings. The van der Waals surface area contributed by atoms with E-state index in [2.05, 4.69) is 5.32 Å². The first-order valence-electron chi connectivity index (χ1n) is 7.33. The molecule has 0 radical (unpaired) electrons. The molecule has 0 saturated heterocycles. The summed E-state index contributed by atoms with van der Waals surface area (Å²) in [4.78, 5) is 24.6. The van der Waals surface area contributed by atoms with Crippen LogP contribution in [0.1, 0.15) is 25.6 Å². The van der Waals surface area contributed by atoms with E-state index >= 15 is 0 Å². The molecule has 0 aliphatic rings. The zero-order valence-electron chi connectivity index (χ0n) is 12.9. The predicted octanol–water partition coefficient (Wildman–Crippen LogP) is 4.09. The Morgan fingerprint density at radius 3 is 2.32 bits per heavy atom. The Hall–Kier alpha value is -3.43. The van der Waals surface area contributed by atoms with Crippen molar-refractivity contribution in [3.63, 3.8) is 0 Å². The fraction of sp³-hybridized carbons (Fsp3) is 0. The van der Waals surface area contributed by atoms with Crippen molar-refractivity contribution in [1.82, 2.24) is 0 Å². The van der Waals surface area contributed by atoms with Crippen LogP contribution in [0.2, 0.25) is 0 Å². The van der Waals surface area contributed by atoms with Crippen LogP contribution in [0, 0.1) is 11.3 Å². The number of nitriles is 1. The largest absolute Gasteiger partial charge is 0.423 e. The number of nitrogens with one attached hydrogen (secondary N) is 1. The highest BCUT2D eigenvalue weighted by atomic mass is 32.1. The molecule has 0 bridgehead atoms. The number of amides is 1. The van der Waals surface area contributed by atoms with Crippen LogP contribution in [-0.2, 0) is 0 Å². The van der Waals surface area contributed by atoms with E-state index in [0.717, 1.165) is 0 Å². The van der Waals surface area contributed by atoms with Crippen molar-refractivity contribution in [3.05, 3.63) is 82.0 Å². The Morgan fingerprint density at radius 1 is 1.00 bits per heavy atom. The van der Waals surface area contributed by atoms with Gasteiger partial charge in [-0.1, -0.05) is 6.07 Å². The second-order valence-electron chi connectivity index (χ2n) is 5.03. The molecule has 0 saturated carbocycles. The Bertz CT molecular complexity index is 924. The van der Waals surface area contributed by atoms with E-state index in [-0.39, 0.29) is 5.91 Å².